The van der Waals surface area contributed by atoms with Crippen molar-refractivity contribution in [3.8, 4) is 0 Å². The Balaban J connectivity index is 2.58. The van der Waals surface area contributed by atoms with Gasteiger partial charge in [0.1, 0.15) is 0 Å². The molecule has 0 aliphatic carbocycles. The lowest BCUT2D eigenvalue weighted by molar-refractivity contribution is 0.169. The minimum Gasteiger partial charge on any atom is -0.299 e. The molecule has 0 saturated heterocycles. The molecule has 0 amide bonds. The van der Waals surface area contributed by atoms with E-state index < -0.39 is 0 Å². The molecule has 19 heavy (non-hydrogen) atoms. The maximum Gasteiger partial charge on any atom is 0.00412 e. The van der Waals surface area contributed by atoms with Crippen LogP contribution in [0.1, 0.15) is 58.1 Å². The second-order valence-corrected chi connectivity index (χ2v) is 5.99. The zero-order valence-corrected chi connectivity index (χ0v) is 13.2. The molecule has 1 rings (SSSR count). The first-order chi connectivity index (χ1) is 8.95. The van der Waals surface area contributed by atoms with Crippen molar-refractivity contribution in [3.05, 3.63) is 42.0 Å². The van der Waals surface area contributed by atoms with Crippen LogP contribution >= 0.6 is 0 Å². The van der Waals surface area contributed by atoms with E-state index >= 15 is 0 Å². The summed E-state index contributed by atoms with van der Waals surface area (Å²) in [5, 5.41) is 0. The largest absolute Gasteiger partial charge is 0.299 e. The van der Waals surface area contributed by atoms with Crippen molar-refractivity contribution in [3.63, 3.8) is 0 Å². The van der Waals surface area contributed by atoms with Gasteiger partial charge < -0.3 is 0 Å². The quantitative estimate of drug-likeness (QED) is 0.670. The van der Waals surface area contributed by atoms with Crippen molar-refractivity contribution in [1.82, 2.24) is 4.90 Å². The summed E-state index contributed by atoms with van der Waals surface area (Å²) >= 11 is 0. The first-order valence-corrected chi connectivity index (χ1v) is 7.43. The number of benzene rings is 1. The van der Waals surface area contributed by atoms with Crippen LogP contribution in [0.2, 0.25) is 0 Å². The van der Waals surface area contributed by atoms with E-state index in [2.05, 4.69) is 70.4 Å². The monoisotopic (exact) mass is 259 g/mol. The standard InChI is InChI=1S/C18H29N/c1-7-17-8-10-18(11-9-17)16(6)12-13-19(14(2)3)15(4)5/h7-11,14-16H,1,12-13H2,2-6H3. The highest BCUT2D eigenvalue weighted by molar-refractivity contribution is 5.47. The van der Waals surface area contributed by atoms with Gasteiger partial charge in [0, 0.05) is 12.1 Å². The molecule has 1 heteroatoms. The molecule has 0 bridgehead atoms. The number of hydrogen-bond acceptors (Lipinski definition) is 1. The van der Waals surface area contributed by atoms with Crippen molar-refractivity contribution in [2.75, 3.05) is 6.54 Å². The van der Waals surface area contributed by atoms with Crippen molar-refractivity contribution in [1.29, 1.82) is 0 Å². The van der Waals surface area contributed by atoms with Crippen molar-refractivity contribution >= 4 is 6.08 Å². The van der Waals surface area contributed by atoms with Crippen LogP contribution < -0.4 is 0 Å². The molecular weight excluding hydrogens is 230 g/mol. The lowest BCUT2D eigenvalue weighted by atomic mass is 9.96. The number of hydrogen-bond donors (Lipinski definition) is 0. The fourth-order valence-corrected chi connectivity index (χ4v) is 2.58. The zero-order chi connectivity index (χ0) is 14.4. The molecule has 1 atom stereocenters. The molecule has 0 aliphatic heterocycles. The van der Waals surface area contributed by atoms with Gasteiger partial charge in [-0.25, -0.2) is 0 Å². The molecule has 0 heterocycles. The maximum atomic E-state index is 3.80. The van der Waals surface area contributed by atoms with Crippen LogP contribution in [0.5, 0.6) is 0 Å². The van der Waals surface area contributed by atoms with E-state index in [-0.39, 0.29) is 0 Å². The SMILES string of the molecule is C=Cc1ccc(C(C)CCN(C(C)C)C(C)C)cc1. The molecule has 0 aliphatic rings. The number of nitrogens with zero attached hydrogens (tertiary/aromatic N) is 1. The van der Waals surface area contributed by atoms with Gasteiger partial charge in [-0.05, 0) is 57.7 Å². The van der Waals surface area contributed by atoms with Gasteiger partial charge in [-0.2, -0.15) is 0 Å². The Bertz CT molecular complexity index is 367. The molecule has 1 aromatic rings. The fraction of sp³-hybridized carbons (Fsp3) is 0.556. The molecule has 0 spiro atoms. The lowest BCUT2D eigenvalue weighted by Crippen LogP contribution is -2.38. The van der Waals surface area contributed by atoms with Gasteiger partial charge in [0.2, 0.25) is 0 Å². The van der Waals surface area contributed by atoms with Crippen LogP contribution in [0.25, 0.3) is 6.08 Å². The molecule has 0 radical (unpaired) electrons. The first-order valence-electron chi connectivity index (χ1n) is 7.43. The van der Waals surface area contributed by atoms with E-state index in [9.17, 15) is 0 Å². The third kappa shape index (κ3) is 4.83. The summed E-state index contributed by atoms with van der Waals surface area (Å²) < 4.78 is 0. The molecule has 0 fully saturated rings. The Labute approximate surface area is 119 Å². The highest BCUT2D eigenvalue weighted by Gasteiger charge is 2.15. The Morgan fingerprint density at radius 2 is 1.53 bits per heavy atom. The summed E-state index contributed by atoms with van der Waals surface area (Å²) in [7, 11) is 0. The molecule has 0 saturated carbocycles. The van der Waals surface area contributed by atoms with E-state index in [0.717, 1.165) is 0 Å². The molecule has 1 aromatic carbocycles. The number of rotatable bonds is 7. The molecule has 1 nitrogen and oxygen atoms in total. The van der Waals surface area contributed by atoms with Gasteiger partial charge in [0.15, 0.2) is 0 Å². The van der Waals surface area contributed by atoms with Crippen LogP contribution in [0.3, 0.4) is 0 Å². The third-order valence-electron chi connectivity index (χ3n) is 3.89. The van der Waals surface area contributed by atoms with Gasteiger partial charge >= 0.3 is 0 Å². The normalized spacial score (nSPS) is 13.3. The summed E-state index contributed by atoms with van der Waals surface area (Å²) in [6, 6.07) is 10.0. The van der Waals surface area contributed by atoms with E-state index in [1.165, 1.54) is 24.1 Å². The van der Waals surface area contributed by atoms with Gasteiger partial charge in [-0.1, -0.05) is 43.8 Å². The minimum absolute atomic E-state index is 0.610. The predicted octanol–water partition coefficient (Wildman–Crippen LogP) is 4.94. The van der Waals surface area contributed by atoms with E-state index in [1.807, 2.05) is 6.08 Å². The first kappa shape index (κ1) is 16.0. The molecular formula is C18H29N. The highest BCUT2D eigenvalue weighted by Crippen LogP contribution is 2.21. The van der Waals surface area contributed by atoms with Gasteiger partial charge in [0.25, 0.3) is 0 Å². The predicted molar refractivity (Wildman–Crippen MR) is 86.5 cm³/mol. The van der Waals surface area contributed by atoms with Crippen molar-refractivity contribution in [2.24, 2.45) is 0 Å². The van der Waals surface area contributed by atoms with Crippen LogP contribution in [-0.2, 0) is 0 Å². The highest BCUT2D eigenvalue weighted by atomic mass is 15.2. The molecule has 106 valence electrons. The Morgan fingerprint density at radius 3 is 1.95 bits per heavy atom. The van der Waals surface area contributed by atoms with Crippen molar-refractivity contribution in [2.45, 2.75) is 59.0 Å². The molecule has 0 aromatic heterocycles. The third-order valence-corrected chi connectivity index (χ3v) is 3.89. The molecule has 0 N–H and O–H groups in total. The fourth-order valence-electron chi connectivity index (χ4n) is 2.58. The lowest BCUT2D eigenvalue weighted by Gasteiger charge is -2.31. The Hall–Kier alpha value is -1.08. The average molecular weight is 259 g/mol. The van der Waals surface area contributed by atoms with Crippen LogP contribution in [0, 0.1) is 0 Å². The second kappa shape index (κ2) is 7.49. The van der Waals surface area contributed by atoms with E-state index in [4.69, 9.17) is 0 Å². The van der Waals surface area contributed by atoms with Crippen LogP contribution in [0.4, 0.5) is 0 Å². The zero-order valence-electron chi connectivity index (χ0n) is 13.2. The van der Waals surface area contributed by atoms with Gasteiger partial charge in [-0.3, -0.25) is 4.90 Å². The Morgan fingerprint density at radius 1 is 1.00 bits per heavy atom. The summed E-state index contributed by atoms with van der Waals surface area (Å²) in [5.41, 5.74) is 2.62. The van der Waals surface area contributed by atoms with Gasteiger partial charge in [0.05, 0.1) is 0 Å². The topological polar surface area (TPSA) is 3.24 Å². The summed E-state index contributed by atoms with van der Waals surface area (Å²) in [6.45, 7) is 16.4. The molecule has 1 unspecified atom stereocenters. The average Bonchev–Trinajstić information content (AvgIpc) is 2.38. The van der Waals surface area contributed by atoms with Gasteiger partial charge in [-0.15, -0.1) is 0 Å². The second-order valence-electron chi connectivity index (χ2n) is 5.99. The smallest absolute Gasteiger partial charge is 0.00412 e. The van der Waals surface area contributed by atoms with E-state index in [0.29, 0.717) is 18.0 Å². The summed E-state index contributed by atoms with van der Waals surface area (Å²) in [5.74, 6) is 0.610. The maximum absolute atomic E-state index is 3.80. The van der Waals surface area contributed by atoms with Crippen LogP contribution in [-0.4, -0.2) is 23.5 Å². The van der Waals surface area contributed by atoms with E-state index in [1.54, 1.807) is 0 Å². The van der Waals surface area contributed by atoms with Crippen LogP contribution in [0.15, 0.2) is 30.8 Å². The summed E-state index contributed by atoms with van der Waals surface area (Å²) in [4.78, 5) is 2.56. The Kier molecular flexibility index (Phi) is 6.30. The summed E-state index contributed by atoms with van der Waals surface area (Å²) in [6.07, 6.45) is 3.11. The minimum atomic E-state index is 0.610. The van der Waals surface area contributed by atoms with Crippen molar-refractivity contribution < 1.29 is 0 Å².